The van der Waals surface area contributed by atoms with Crippen molar-refractivity contribution < 1.29 is 9.26 Å². The molecule has 0 spiro atoms. The summed E-state index contributed by atoms with van der Waals surface area (Å²) >= 11 is 0. The van der Waals surface area contributed by atoms with Gasteiger partial charge in [-0.2, -0.15) is 4.98 Å². The predicted molar refractivity (Wildman–Crippen MR) is 84.6 cm³/mol. The van der Waals surface area contributed by atoms with Crippen molar-refractivity contribution in [1.82, 2.24) is 25.0 Å². The summed E-state index contributed by atoms with van der Waals surface area (Å²) in [4.78, 5) is 15.4. The summed E-state index contributed by atoms with van der Waals surface area (Å²) in [5.41, 5.74) is 2.71. The normalized spacial score (nSPS) is 11.4. The number of fused-ring (bicyclic) bond motifs is 1. The van der Waals surface area contributed by atoms with Crippen molar-refractivity contribution in [1.29, 1.82) is 0 Å². The molecule has 3 rings (SSSR count). The van der Waals surface area contributed by atoms with Crippen LogP contribution in [0.1, 0.15) is 17.4 Å². The van der Waals surface area contributed by atoms with Crippen molar-refractivity contribution in [2.24, 2.45) is 0 Å². The Hall–Kier alpha value is -2.38. The first kappa shape index (κ1) is 15.5. The molecular weight excluding hydrogens is 294 g/mol. The number of nitrogens with zero attached hydrogens (tertiary/aromatic N) is 5. The van der Waals surface area contributed by atoms with Crippen LogP contribution in [-0.4, -0.2) is 45.8 Å². The largest absolute Gasteiger partial charge is 0.384 e. The van der Waals surface area contributed by atoms with Gasteiger partial charge in [0.25, 0.3) is 0 Å². The highest BCUT2D eigenvalue weighted by molar-refractivity contribution is 5.73. The van der Waals surface area contributed by atoms with E-state index in [1.165, 1.54) is 0 Å². The molecule has 0 aliphatic carbocycles. The molecule has 0 unspecified atom stereocenters. The van der Waals surface area contributed by atoms with E-state index in [9.17, 15) is 0 Å². The average molecular weight is 313 g/mol. The van der Waals surface area contributed by atoms with Crippen LogP contribution in [0.25, 0.3) is 11.0 Å². The van der Waals surface area contributed by atoms with Crippen LogP contribution in [-0.2, 0) is 24.2 Å². The summed E-state index contributed by atoms with van der Waals surface area (Å²) in [6.07, 6.45) is 2.45. The van der Waals surface area contributed by atoms with Crippen LogP contribution in [0.3, 0.4) is 0 Å². The molecule has 0 saturated carbocycles. The van der Waals surface area contributed by atoms with Crippen LogP contribution in [0.2, 0.25) is 0 Å². The van der Waals surface area contributed by atoms with Crippen LogP contribution in [0.15, 0.2) is 35.0 Å². The molecule has 0 bridgehead atoms. The molecule has 0 radical (unpaired) electrons. The topological polar surface area (TPSA) is 77.2 Å². The maximum Gasteiger partial charge on any atom is 0.240 e. The summed E-state index contributed by atoms with van der Waals surface area (Å²) in [6, 6.07) is 7.84. The monoisotopic (exact) mass is 313 g/mol. The Kier molecular flexibility index (Phi) is 4.89. The molecule has 1 aromatic carbocycles. The number of methoxy groups -OCH3 is 1. The Labute approximate surface area is 134 Å². The second kappa shape index (κ2) is 7.26. The molecule has 23 heavy (non-hydrogen) atoms. The summed E-state index contributed by atoms with van der Waals surface area (Å²) in [5, 5.41) is 3.93. The van der Waals surface area contributed by atoms with E-state index in [1.807, 2.05) is 31.3 Å². The Morgan fingerprint density at radius 1 is 1.13 bits per heavy atom. The molecule has 0 atom stereocenters. The van der Waals surface area contributed by atoms with Gasteiger partial charge in [0.1, 0.15) is 0 Å². The van der Waals surface area contributed by atoms with Crippen molar-refractivity contribution >= 4 is 11.0 Å². The van der Waals surface area contributed by atoms with Gasteiger partial charge in [0, 0.05) is 20.1 Å². The van der Waals surface area contributed by atoms with Crippen LogP contribution < -0.4 is 0 Å². The molecule has 0 aliphatic rings. The van der Waals surface area contributed by atoms with Gasteiger partial charge >= 0.3 is 0 Å². The molecule has 120 valence electrons. The minimum Gasteiger partial charge on any atom is -0.384 e. The average Bonchev–Trinajstić information content (AvgIpc) is 3.00. The first-order chi connectivity index (χ1) is 11.2. The molecule has 0 N–H and O–H groups in total. The summed E-state index contributed by atoms with van der Waals surface area (Å²) in [6.45, 7) is 1.81. The zero-order valence-corrected chi connectivity index (χ0v) is 13.3. The Morgan fingerprint density at radius 2 is 1.96 bits per heavy atom. The Balaban J connectivity index is 1.61. The van der Waals surface area contributed by atoms with Gasteiger partial charge in [-0.3, -0.25) is 9.88 Å². The van der Waals surface area contributed by atoms with E-state index in [0.29, 0.717) is 37.8 Å². The fraction of sp³-hybridized carbons (Fsp3) is 0.375. The van der Waals surface area contributed by atoms with Gasteiger partial charge in [-0.1, -0.05) is 17.3 Å². The lowest BCUT2D eigenvalue weighted by atomic mass is 10.3. The fourth-order valence-electron chi connectivity index (χ4n) is 2.28. The van der Waals surface area contributed by atoms with Crippen LogP contribution in [0, 0.1) is 0 Å². The zero-order chi connectivity index (χ0) is 16.1. The van der Waals surface area contributed by atoms with Crippen molar-refractivity contribution in [3.63, 3.8) is 0 Å². The van der Waals surface area contributed by atoms with Crippen LogP contribution in [0.5, 0.6) is 0 Å². The molecule has 7 heteroatoms. The third kappa shape index (κ3) is 4.08. The van der Waals surface area contributed by atoms with Gasteiger partial charge in [0.05, 0.1) is 36.1 Å². The molecule has 7 nitrogen and oxygen atoms in total. The quantitative estimate of drug-likeness (QED) is 0.658. The molecule has 2 heterocycles. The van der Waals surface area contributed by atoms with E-state index in [0.717, 1.165) is 16.7 Å². The molecule has 0 fully saturated rings. The number of aromatic nitrogens is 4. The summed E-state index contributed by atoms with van der Waals surface area (Å²) < 4.78 is 10.2. The third-order valence-corrected chi connectivity index (χ3v) is 3.38. The molecule has 2 aromatic heterocycles. The molecule has 0 saturated heterocycles. The van der Waals surface area contributed by atoms with Gasteiger partial charge in [-0.15, -0.1) is 0 Å². The molecule has 0 aliphatic heterocycles. The highest BCUT2D eigenvalue weighted by atomic mass is 16.5. The van der Waals surface area contributed by atoms with Gasteiger partial charge in [-0.25, -0.2) is 4.98 Å². The maximum atomic E-state index is 5.25. The van der Waals surface area contributed by atoms with Crippen molar-refractivity contribution in [2.75, 3.05) is 20.8 Å². The summed E-state index contributed by atoms with van der Waals surface area (Å²) in [5.74, 6) is 1.26. The minimum absolute atomic E-state index is 0.564. The Bertz CT molecular complexity index is 774. The maximum absolute atomic E-state index is 5.25. The van der Waals surface area contributed by atoms with Crippen molar-refractivity contribution in [3.05, 3.63) is 47.9 Å². The third-order valence-electron chi connectivity index (χ3n) is 3.38. The van der Waals surface area contributed by atoms with E-state index in [1.54, 1.807) is 13.3 Å². The minimum atomic E-state index is 0.564. The van der Waals surface area contributed by atoms with Crippen molar-refractivity contribution in [2.45, 2.75) is 19.5 Å². The van der Waals surface area contributed by atoms with Gasteiger partial charge in [0.15, 0.2) is 5.82 Å². The fourth-order valence-corrected chi connectivity index (χ4v) is 2.28. The predicted octanol–water partition coefficient (Wildman–Crippen LogP) is 1.83. The number of hydrogen-bond acceptors (Lipinski definition) is 7. The number of rotatable bonds is 7. The van der Waals surface area contributed by atoms with E-state index in [2.05, 4.69) is 25.0 Å². The van der Waals surface area contributed by atoms with Crippen molar-refractivity contribution in [3.8, 4) is 0 Å². The van der Waals surface area contributed by atoms with Gasteiger partial charge in [-0.05, 0) is 19.2 Å². The second-order valence-electron chi connectivity index (χ2n) is 5.37. The van der Waals surface area contributed by atoms with E-state index < -0.39 is 0 Å². The van der Waals surface area contributed by atoms with Gasteiger partial charge in [0.2, 0.25) is 5.89 Å². The number of para-hydroxylation sites is 2. The molecular formula is C16H19N5O2. The number of ether oxygens (including phenoxy) is 1. The molecule has 0 amide bonds. The SMILES string of the molecule is COCCc1noc(CN(C)Cc2cnc3ccccc3n2)n1. The van der Waals surface area contributed by atoms with Crippen LogP contribution in [0.4, 0.5) is 0 Å². The molecule has 3 aromatic rings. The highest BCUT2D eigenvalue weighted by Crippen LogP contribution is 2.10. The van der Waals surface area contributed by atoms with E-state index >= 15 is 0 Å². The lowest BCUT2D eigenvalue weighted by Gasteiger charge is -2.13. The summed E-state index contributed by atoms with van der Waals surface area (Å²) in [7, 11) is 3.63. The smallest absolute Gasteiger partial charge is 0.240 e. The zero-order valence-electron chi connectivity index (χ0n) is 13.3. The lowest BCUT2D eigenvalue weighted by Crippen LogP contribution is -2.18. The standard InChI is InChI=1S/C16H19N5O2/c1-21(11-16-19-15(20-23-16)7-8-22-2)10-12-9-17-13-5-3-4-6-14(13)18-12/h3-6,9H,7-8,10-11H2,1-2H3. The first-order valence-electron chi connectivity index (χ1n) is 7.44. The number of benzene rings is 1. The number of hydrogen-bond donors (Lipinski definition) is 0. The van der Waals surface area contributed by atoms with Crippen LogP contribution >= 0.6 is 0 Å². The Morgan fingerprint density at radius 3 is 2.78 bits per heavy atom. The van der Waals surface area contributed by atoms with E-state index in [4.69, 9.17) is 9.26 Å². The second-order valence-corrected chi connectivity index (χ2v) is 5.37. The lowest BCUT2D eigenvalue weighted by molar-refractivity contribution is 0.199. The van der Waals surface area contributed by atoms with Gasteiger partial charge < -0.3 is 9.26 Å². The van der Waals surface area contributed by atoms with E-state index in [-0.39, 0.29) is 0 Å². The first-order valence-corrected chi connectivity index (χ1v) is 7.44. The highest BCUT2D eigenvalue weighted by Gasteiger charge is 2.10.